The first kappa shape index (κ1) is 15.9. The van der Waals surface area contributed by atoms with Gasteiger partial charge < -0.3 is 15.2 Å². The van der Waals surface area contributed by atoms with Crippen LogP contribution in [0.4, 0.5) is 5.69 Å². The normalized spacial score (nSPS) is 14.2. The van der Waals surface area contributed by atoms with Gasteiger partial charge in [0.15, 0.2) is 10.9 Å². The molecule has 0 unspecified atom stereocenters. The molecular formula is C17H23N5S. The maximum Gasteiger partial charge on any atom is 0.170 e. The number of aromatic nitrogens is 3. The molecule has 0 atom stereocenters. The molecule has 5 nitrogen and oxygen atoms in total. The Morgan fingerprint density at radius 3 is 2.91 bits per heavy atom. The van der Waals surface area contributed by atoms with Crippen LogP contribution >= 0.6 is 12.2 Å². The molecule has 6 heteroatoms. The second-order valence-electron chi connectivity index (χ2n) is 6.24. The summed E-state index contributed by atoms with van der Waals surface area (Å²) in [4.78, 5) is 0. The van der Waals surface area contributed by atoms with Gasteiger partial charge in [-0.05, 0) is 51.0 Å². The van der Waals surface area contributed by atoms with Crippen LogP contribution < -0.4 is 10.6 Å². The molecule has 2 aromatic rings. The lowest BCUT2D eigenvalue weighted by Gasteiger charge is -2.14. The molecule has 0 fully saturated rings. The zero-order valence-corrected chi connectivity index (χ0v) is 14.5. The highest BCUT2D eigenvalue weighted by Crippen LogP contribution is 2.24. The molecule has 2 heterocycles. The Hall–Kier alpha value is -1.95. The fourth-order valence-electron chi connectivity index (χ4n) is 2.86. The van der Waals surface area contributed by atoms with Gasteiger partial charge in [-0.25, -0.2) is 0 Å². The van der Waals surface area contributed by atoms with Crippen LogP contribution in [0.3, 0.4) is 0 Å². The Labute approximate surface area is 142 Å². The van der Waals surface area contributed by atoms with E-state index in [0.29, 0.717) is 11.2 Å². The standard InChI is InChI=1S/C17H23N5S/c1-12(2)18-17(23)19-14-8-6-7-13(11-14)16-21-20-15-9-4-3-5-10-22(15)16/h6-8,11-12H,3-5,9-10H2,1-2H3,(H2,18,19,23). The van der Waals surface area contributed by atoms with Gasteiger partial charge in [0.25, 0.3) is 0 Å². The van der Waals surface area contributed by atoms with Crippen LogP contribution in [-0.2, 0) is 13.0 Å². The number of nitrogens with one attached hydrogen (secondary N) is 2. The number of hydrogen-bond acceptors (Lipinski definition) is 3. The SMILES string of the molecule is CC(C)NC(=S)Nc1cccc(-c2nnc3n2CCCCC3)c1. The van der Waals surface area contributed by atoms with Crippen LogP contribution in [0.2, 0.25) is 0 Å². The van der Waals surface area contributed by atoms with Gasteiger partial charge in [0.2, 0.25) is 0 Å². The van der Waals surface area contributed by atoms with E-state index >= 15 is 0 Å². The average Bonchev–Trinajstić information content (AvgIpc) is 2.75. The summed E-state index contributed by atoms with van der Waals surface area (Å²) in [6.07, 6.45) is 4.68. The van der Waals surface area contributed by atoms with Gasteiger partial charge >= 0.3 is 0 Å². The van der Waals surface area contributed by atoms with Crippen LogP contribution in [0.1, 0.15) is 38.9 Å². The third-order valence-electron chi connectivity index (χ3n) is 3.91. The van der Waals surface area contributed by atoms with Gasteiger partial charge in [0, 0.05) is 30.3 Å². The number of thiocarbonyl (C=S) groups is 1. The molecule has 0 radical (unpaired) electrons. The molecule has 0 saturated heterocycles. The summed E-state index contributed by atoms with van der Waals surface area (Å²) >= 11 is 5.32. The Balaban J connectivity index is 1.83. The van der Waals surface area contributed by atoms with Crippen LogP contribution in [0.5, 0.6) is 0 Å². The molecule has 2 N–H and O–H groups in total. The van der Waals surface area contributed by atoms with E-state index in [-0.39, 0.29) is 0 Å². The number of benzene rings is 1. The van der Waals surface area contributed by atoms with Crippen molar-refractivity contribution in [1.29, 1.82) is 0 Å². The molecule has 0 amide bonds. The topological polar surface area (TPSA) is 54.8 Å². The third-order valence-corrected chi connectivity index (χ3v) is 4.13. The summed E-state index contributed by atoms with van der Waals surface area (Å²) in [5.41, 5.74) is 2.04. The monoisotopic (exact) mass is 329 g/mol. The van der Waals surface area contributed by atoms with Crippen molar-refractivity contribution in [3.05, 3.63) is 30.1 Å². The predicted octanol–water partition coefficient (Wildman–Crippen LogP) is 3.37. The van der Waals surface area contributed by atoms with Crippen LogP contribution in [0.15, 0.2) is 24.3 Å². The van der Waals surface area contributed by atoms with E-state index in [2.05, 4.69) is 51.4 Å². The molecule has 122 valence electrons. The Morgan fingerprint density at radius 1 is 1.22 bits per heavy atom. The van der Waals surface area contributed by atoms with Gasteiger partial charge in [-0.1, -0.05) is 18.6 Å². The number of hydrogen-bond donors (Lipinski definition) is 2. The number of nitrogens with zero attached hydrogens (tertiary/aromatic N) is 3. The summed E-state index contributed by atoms with van der Waals surface area (Å²) in [6, 6.07) is 8.50. The van der Waals surface area contributed by atoms with Crippen LogP contribution in [0.25, 0.3) is 11.4 Å². The molecule has 1 aliphatic rings. The smallest absolute Gasteiger partial charge is 0.170 e. The summed E-state index contributed by atoms with van der Waals surface area (Å²) in [5.74, 6) is 2.06. The van der Waals surface area contributed by atoms with Crippen molar-refractivity contribution in [2.45, 2.75) is 52.1 Å². The molecule has 0 bridgehead atoms. The second kappa shape index (κ2) is 7.08. The zero-order valence-electron chi connectivity index (χ0n) is 13.7. The maximum atomic E-state index is 5.32. The average molecular weight is 329 g/mol. The minimum absolute atomic E-state index is 0.311. The van der Waals surface area contributed by atoms with E-state index in [0.717, 1.165) is 35.9 Å². The van der Waals surface area contributed by atoms with Crippen molar-refractivity contribution in [3.63, 3.8) is 0 Å². The summed E-state index contributed by atoms with van der Waals surface area (Å²) in [7, 11) is 0. The van der Waals surface area contributed by atoms with Crippen molar-refractivity contribution in [1.82, 2.24) is 20.1 Å². The number of rotatable bonds is 3. The fraction of sp³-hybridized carbons (Fsp3) is 0.471. The fourth-order valence-corrected chi connectivity index (χ4v) is 3.22. The maximum absolute atomic E-state index is 5.32. The van der Waals surface area contributed by atoms with E-state index in [1.54, 1.807) is 0 Å². The van der Waals surface area contributed by atoms with E-state index in [1.807, 2.05) is 12.1 Å². The highest BCUT2D eigenvalue weighted by molar-refractivity contribution is 7.80. The second-order valence-corrected chi connectivity index (χ2v) is 6.64. The van der Waals surface area contributed by atoms with Gasteiger partial charge in [-0.15, -0.1) is 10.2 Å². The molecule has 1 aliphatic heterocycles. The van der Waals surface area contributed by atoms with Crippen molar-refractivity contribution in [2.75, 3.05) is 5.32 Å². The molecule has 0 aliphatic carbocycles. The largest absolute Gasteiger partial charge is 0.360 e. The quantitative estimate of drug-likeness (QED) is 0.846. The van der Waals surface area contributed by atoms with Gasteiger partial charge in [-0.3, -0.25) is 0 Å². The van der Waals surface area contributed by atoms with Crippen molar-refractivity contribution in [3.8, 4) is 11.4 Å². The van der Waals surface area contributed by atoms with Crippen molar-refractivity contribution < 1.29 is 0 Å². The van der Waals surface area contributed by atoms with Gasteiger partial charge in [-0.2, -0.15) is 0 Å². The van der Waals surface area contributed by atoms with E-state index < -0.39 is 0 Å². The summed E-state index contributed by atoms with van der Waals surface area (Å²) in [5, 5.41) is 15.9. The van der Waals surface area contributed by atoms with Crippen molar-refractivity contribution in [2.24, 2.45) is 0 Å². The van der Waals surface area contributed by atoms with Gasteiger partial charge in [0.05, 0.1) is 0 Å². The highest BCUT2D eigenvalue weighted by Gasteiger charge is 2.16. The Kier molecular flexibility index (Phi) is 4.91. The molecular weight excluding hydrogens is 306 g/mol. The Bertz CT molecular complexity index is 692. The molecule has 0 saturated carbocycles. The molecule has 1 aromatic carbocycles. The predicted molar refractivity (Wildman–Crippen MR) is 97.5 cm³/mol. The van der Waals surface area contributed by atoms with Gasteiger partial charge in [0.1, 0.15) is 5.82 Å². The number of fused-ring (bicyclic) bond motifs is 1. The molecule has 0 spiro atoms. The minimum Gasteiger partial charge on any atom is -0.360 e. The molecule has 23 heavy (non-hydrogen) atoms. The lowest BCUT2D eigenvalue weighted by Crippen LogP contribution is -2.33. The van der Waals surface area contributed by atoms with Crippen LogP contribution in [-0.4, -0.2) is 25.9 Å². The molecule has 3 rings (SSSR count). The summed E-state index contributed by atoms with van der Waals surface area (Å²) < 4.78 is 2.26. The highest BCUT2D eigenvalue weighted by atomic mass is 32.1. The minimum atomic E-state index is 0.311. The number of anilines is 1. The third kappa shape index (κ3) is 3.88. The first-order chi connectivity index (χ1) is 11.1. The van der Waals surface area contributed by atoms with Crippen LogP contribution in [0, 0.1) is 0 Å². The molecule has 1 aromatic heterocycles. The Morgan fingerprint density at radius 2 is 2.09 bits per heavy atom. The first-order valence-corrected chi connectivity index (χ1v) is 8.64. The zero-order chi connectivity index (χ0) is 16.2. The lowest BCUT2D eigenvalue weighted by molar-refractivity contribution is 0.636. The van der Waals surface area contributed by atoms with E-state index in [4.69, 9.17) is 12.2 Å². The number of aryl methyl sites for hydroxylation is 1. The van der Waals surface area contributed by atoms with E-state index in [1.165, 1.54) is 19.3 Å². The van der Waals surface area contributed by atoms with E-state index in [9.17, 15) is 0 Å². The van der Waals surface area contributed by atoms with Crippen molar-refractivity contribution >= 4 is 23.0 Å². The first-order valence-electron chi connectivity index (χ1n) is 8.23. The lowest BCUT2D eigenvalue weighted by atomic mass is 10.2. The summed E-state index contributed by atoms with van der Waals surface area (Å²) in [6.45, 7) is 5.13.